The van der Waals surface area contributed by atoms with Gasteiger partial charge < -0.3 is 34.6 Å². The van der Waals surface area contributed by atoms with Crippen LogP contribution in [0.3, 0.4) is 0 Å². The molecule has 2 spiro atoms. The molecule has 2 saturated carbocycles. The highest BCUT2D eigenvalue weighted by molar-refractivity contribution is 5.97. The Labute approximate surface area is 147 Å². The standard InChI is InChI=1S/C16H20O10/c1-6-3-7(17)16(23)13(6)4-8(26-10(19)9(13)18)15(22,12(21)24-2)14(16)5-25-11(14)20/h6-9,17-18,22-23H,3-5H2,1-2H3/t6-,7-,8-,9+,13+,14+,15-,16-/m1/s1. The fraction of sp³-hybridized carbons (Fsp3) is 0.812. The Morgan fingerprint density at radius 2 is 1.92 bits per heavy atom. The van der Waals surface area contributed by atoms with Gasteiger partial charge in [0, 0.05) is 5.41 Å². The number of aliphatic hydroxyl groups is 4. The molecule has 4 aliphatic rings. The van der Waals surface area contributed by atoms with E-state index in [2.05, 4.69) is 4.74 Å². The largest absolute Gasteiger partial charge is 0.467 e. The summed E-state index contributed by atoms with van der Waals surface area (Å²) in [6, 6.07) is 0. The first kappa shape index (κ1) is 17.7. The summed E-state index contributed by atoms with van der Waals surface area (Å²) in [6.45, 7) is 1.01. The summed E-state index contributed by atoms with van der Waals surface area (Å²) in [7, 11) is 0.969. The molecule has 2 heterocycles. The molecule has 0 aromatic heterocycles. The van der Waals surface area contributed by atoms with Gasteiger partial charge in [0.2, 0.25) is 5.60 Å². The van der Waals surface area contributed by atoms with Crippen LogP contribution in [-0.2, 0) is 28.6 Å². The van der Waals surface area contributed by atoms with Crippen molar-refractivity contribution in [1.82, 2.24) is 0 Å². The van der Waals surface area contributed by atoms with Crippen molar-refractivity contribution in [2.75, 3.05) is 13.7 Å². The highest BCUT2D eigenvalue weighted by atomic mass is 16.6. The number of carbonyl (C=O) groups is 3. The Hall–Kier alpha value is -1.75. The van der Waals surface area contributed by atoms with Crippen LogP contribution in [0.4, 0.5) is 0 Å². The lowest BCUT2D eigenvalue weighted by Crippen LogP contribution is -2.90. The van der Waals surface area contributed by atoms with E-state index >= 15 is 0 Å². The van der Waals surface area contributed by atoms with E-state index in [-0.39, 0.29) is 12.8 Å². The van der Waals surface area contributed by atoms with Gasteiger partial charge >= 0.3 is 17.9 Å². The first-order valence-electron chi connectivity index (χ1n) is 8.32. The molecule has 26 heavy (non-hydrogen) atoms. The molecule has 4 fully saturated rings. The number of fused-ring (bicyclic) bond motifs is 2. The Morgan fingerprint density at radius 1 is 1.27 bits per heavy atom. The summed E-state index contributed by atoms with van der Waals surface area (Å²) in [6.07, 6.45) is -5.37. The minimum absolute atomic E-state index is 0.0557. The fourth-order valence-corrected chi connectivity index (χ4v) is 5.86. The first-order chi connectivity index (χ1) is 12.1. The summed E-state index contributed by atoms with van der Waals surface area (Å²) in [5, 5.41) is 44.3. The van der Waals surface area contributed by atoms with Crippen molar-refractivity contribution in [2.24, 2.45) is 16.7 Å². The van der Waals surface area contributed by atoms with Crippen LogP contribution >= 0.6 is 0 Å². The van der Waals surface area contributed by atoms with Gasteiger partial charge in [-0.05, 0) is 18.8 Å². The summed E-state index contributed by atoms with van der Waals surface area (Å²) in [5.41, 5.74) is -9.28. The van der Waals surface area contributed by atoms with Crippen LogP contribution < -0.4 is 0 Å². The van der Waals surface area contributed by atoms with E-state index < -0.39 is 70.8 Å². The number of methoxy groups -OCH3 is 1. The molecule has 0 radical (unpaired) electrons. The monoisotopic (exact) mass is 372 g/mol. The average Bonchev–Trinajstić information content (AvgIpc) is 2.78. The molecule has 2 saturated heterocycles. The fourth-order valence-electron chi connectivity index (χ4n) is 5.86. The van der Waals surface area contributed by atoms with Gasteiger partial charge in [-0.15, -0.1) is 0 Å². The Balaban J connectivity index is 2.07. The van der Waals surface area contributed by atoms with E-state index in [0.717, 1.165) is 7.11 Å². The van der Waals surface area contributed by atoms with Crippen LogP contribution in [-0.4, -0.2) is 81.6 Å². The Bertz CT molecular complexity index is 722. The zero-order chi connectivity index (χ0) is 19.3. The number of hydrogen-bond donors (Lipinski definition) is 4. The topological polar surface area (TPSA) is 160 Å². The maximum absolute atomic E-state index is 12.6. The van der Waals surface area contributed by atoms with E-state index in [1.54, 1.807) is 6.92 Å². The van der Waals surface area contributed by atoms with Crippen molar-refractivity contribution in [2.45, 2.75) is 49.3 Å². The second-order valence-electron chi connectivity index (χ2n) is 7.73. The second-order valence-corrected chi connectivity index (χ2v) is 7.73. The minimum Gasteiger partial charge on any atom is -0.467 e. The third-order valence-electron chi connectivity index (χ3n) is 7.17. The summed E-state index contributed by atoms with van der Waals surface area (Å²) in [4.78, 5) is 37.4. The minimum atomic E-state index is -2.77. The number of carbonyl (C=O) groups excluding carboxylic acids is 3. The van der Waals surface area contributed by atoms with Crippen molar-refractivity contribution < 1.29 is 49.0 Å². The van der Waals surface area contributed by atoms with Crippen LogP contribution in [0.5, 0.6) is 0 Å². The first-order valence-corrected chi connectivity index (χ1v) is 8.32. The van der Waals surface area contributed by atoms with Crippen molar-refractivity contribution in [3.05, 3.63) is 0 Å². The SMILES string of the molecule is COC(=O)[C@]1(O)[C@H]2C[C@]3([C@H](C)C[C@@H](O)[C@]3(O)[C@]13COC3=O)[C@@H](O)C(=O)O2. The molecule has 10 nitrogen and oxygen atoms in total. The molecule has 0 amide bonds. The Morgan fingerprint density at radius 3 is 2.42 bits per heavy atom. The highest BCUT2D eigenvalue weighted by Gasteiger charge is 2.92. The molecule has 10 heteroatoms. The number of aliphatic hydroxyl groups excluding tert-OH is 2. The predicted molar refractivity (Wildman–Crippen MR) is 78.0 cm³/mol. The zero-order valence-electron chi connectivity index (χ0n) is 14.2. The Kier molecular flexibility index (Phi) is 3.22. The molecular formula is C16H20O10. The zero-order valence-corrected chi connectivity index (χ0v) is 14.2. The van der Waals surface area contributed by atoms with Gasteiger partial charge in [0.15, 0.2) is 11.5 Å². The van der Waals surface area contributed by atoms with E-state index in [0.29, 0.717) is 0 Å². The smallest absolute Gasteiger partial charge is 0.343 e. The van der Waals surface area contributed by atoms with Crippen LogP contribution in [0.2, 0.25) is 0 Å². The number of hydrogen-bond acceptors (Lipinski definition) is 10. The molecule has 2 aliphatic carbocycles. The third kappa shape index (κ3) is 1.35. The summed E-state index contributed by atoms with van der Waals surface area (Å²) < 4.78 is 14.5. The van der Waals surface area contributed by atoms with Crippen LogP contribution in [0.1, 0.15) is 19.8 Å². The van der Waals surface area contributed by atoms with Gasteiger partial charge in [-0.3, -0.25) is 4.79 Å². The predicted octanol–water partition coefficient (Wildman–Crippen LogP) is -2.76. The molecule has 0 aromatic rings. The molecule has 2 aliphatic heterocycles. The van der Waals surface area contributed by atoms with Crippen LogP contribution in [0.25, 0.3) is 0 Å². The normalized spacial score (nSPS) is 54.8. The summed E-state index contributed by atoms with van der Waals surface area (Å²) in [5.74, 6) is -4.18. The van der Waals surface area contributed by atoms with Crippen molar-refractivity contribution in [1.29, 1.82) is 0 Å². The van der Waals surface area contributed by atoms with Gasteiger partial charge in [-0.2, -0.15) is 0 Å². The van der Waals surface area contributed by atoms with Gasteiger partial charge in [0.1, 0.15) is 18.3 Å². The molecule has 0 aromatic carbocycles. The molecule has 144 valence electrons. The number of ether oxygens (including phenoxy) is 3. The lowest BCUT2D eigenvalue weighted by Gasteiger charge is -2.68. The quantitative estimate of drug-likeness (QED) is 0.280. The van der Waals surface area contributed by atoms with Crippen molar-refractivity contribution >= 4 is 17.9 Å². The molecule has 8 atom stereocenters. The molecule has 4 rings (SSSR count). The highest BCUT2D eigenvalue weighted by Crippen LogP contribution is 2.72. The van der Waals surface area contributed by atoms with Gasteiger partial charge in [0.25, 0.3) is 0 Å². The lowest BCUT2D eigenvalue weighted by atomic mass is 9.41. The third-order valence-corrected chi connectivity index (χ3v) is 7.17. The second kappa shape index (κ2) is 4.75. The van der Waals surface area contributed by atoms with Crippen molar-refractivity contribution in [3.63, 3.8) is 0 Å². The van der Waals surface area contributed by atoms with Gasteiger partial charge in [-0.1, -0.05) is 6.92 Å². The van der Waals surface area contributed by atoms with E-state index in [1.165, 1.54) is 0 Å². The summed E-state index contributed by atoms with van der Waals surface area (Å²) >= 11 is 0. The number of rotatable bonds is 1. The maximum Gasteiger partial charge on any atom is 0.343 e. The van der Waals surface area contributed by atoms with Crippen LogP contribution in [0, 0.1) is 16.7 Å². The van der Waals surface area contributed by atoms with E-state index in [1.807, 2.05) is 0 Å². The van der Waals surface area contributed by atoms with Gasteiger partial charge in [0.05, 0.1) is 13.2 Å². The van der Waals surface area contributed by atoms with Gasteiger partial charge in [-0.25, -0.2) is 9.59 Å². The number of cyclic esters (lactones) is 1. The van der Waals surface area contributed by atoms with Crippen LogP contribution in [0.15, 0.2) is 0 Å². The average molecular weight is 372 g/mol. The molecule has 2 bridgehead atoms. The maximum atomic E-state index is 12.6. The number of esters is 3. The van der Waals surface area contributed by atoms with Crippen molar-refractivity contribution in [3.8, 4) is 0 Å². The lowest BCUT2D eigenvalue weighted by molar-refractivity contribution is -0.369. The molecule has 4 N–H and O–H groups in total. The van der Waals surface area contributed by atoms with E-state index in [9.17, 15) is 34.8 Å². The molecule has 0 unspecified atom stereocenters. The molecular weight excluding hydrogens is 352 g/mol. The van der Waals surface area contributed by atoms with E-state index in [4.69, 9.17) is 9.47 Å².